The molecule has 2 N–H and O–H groups in total. The number of aromatic nitrogens is 2. The molecule has 7 nitrogen and oxygen atoms in total. The molecule has 1 aliphatic carbocycles. The normalized spacial score (nSPS) is 22.2. The van der Waals surface area contributed by atoms with Gasteiger partial charge >= 0.3 is 5.76 Å². The third kappa shape index (κ3) is 3.23. The molecule has 2 aromatic rings. The molecule has 122 valence electrons. The van der Waals surface area contributed by atoms with E-state index in [4.69, 9.17) is 0 Å². The number of thiophene rings is 1. The van der Waals surface area contributed by atoms with Gasteiger partial charge < -0.3 is 5.32 Å². The topological polar surface area (TPSA) is 91.2 Å². The number of nitrogens with zero attached hydrogens (tertiary/aromatic N) is 2. The lowest BCUT2D eigenvalue weighted by Gasteiger charge is -2.33. The number of carbonyl (C=O) groups is 1. The summed E-state index contributed by atoms with van der Waals surface area (Å²) < 4.78 is 4.49. The van der Waals surface area contributed by atoms with Crippen LogP contribution in [0.2, 0.25) is 0 Å². The summed E-state index contributed by atoms with van der Waals surface area (Å²) in [6.07, 6.45) is 4.76. The summed E-state index contributed by atoms with van der Waals surface area (Å²) in [5.74, 6) is -0.298. The summed E-state index contributed by atoms with van der Waals surface area (Å²) >= 11 is 1.30. The van der Waals surface area contributed by atoms with Crippen LogP contribution in [0.15, 0.2) is 21.5 Å². The zero-order valence-corrected chi connectivity index (χ0v) is 13.4. The van der Waals surface area contributed by atoms with E-state index in [1.54, 1.807) is 12.1 Å². The number of carbonyl (C=O) groups excluding carboxylic acids is 1. The first-order valence-corrected chi connectivity index (χ1v) is 8.72. The fourth-order valence-electron chi connectivity index (χ4n) is 3.08. The summed E-state index contributed by atoms with van der Waals surface area (Å²) in [7, 11) is 0. The van der Waals surface area contributed by atoms with Crippen molar-refractivity contribution >= 4 is 17.2 Å². The maximum Gasteiger partial charge on any atom is 0.439 e. The quantitative estimate of drug-likeness (QED) is 0.883. The summed E-state index contributed by atoms with van der Waals surface area (Å²) in [5, 5.41) is 6.77. The van der Waals surface area contributed by atoms with Gasteiger partial charge in [0.15, 0.2) is 5.82 Å². The fraction of sp³-hybridized carbons (Fsp3) is 0.533. The molecule has 8 heteroatoms. The van der Waals surface area contributed by atoms with E-state index in [1.165, 1.54) is 24.2 Å². The number of likely N-dealkylation sites (tertiary alicyclic amines) is 1. The summed E-state index contributed by atoms with van der Waals surface area (Å²) in [5.41, 5.74) is 0. The van der Waals surface area contributed by atoms with E-state index in [2.05, 4.69) is 24.9 Å². The van der Waals surface area contributed by atoms with Gasteiger partial charge in [-0.1, -0.05) is 5.16 Å². The third-order valence-corrected chi connectivity index (χ3v) is 5.45. The minimum absolute atomic E-state index is 0.0604. The number of aromatic amines is 1. The van der Waals surface area contributed by atoms with Gasteiger partial charge in [-0.3, -0.25) is 19.2 Å². The highest BCUT2D eigenvalue weighted by molar-refractivity contribution is 7.17. The van der Waals surface area contributed by atoms with E-state index in [-0.39, 0.29) is 11.9 Å². The molecule has 1 saturated heterocycles. The predicted octanol–water partition coefficient (Wildman–Crippen LogP) is 1.45. The van der Waals surface area contributed by atoms with E-state index in [9.17, 15) is 9.59 Å². The number of piperidine rings is 1. The molecule has 23 heavy (non-hydrogen) atoms. The molecule has 1 aliphatic heterocycles. The van der Waals surface area contributed by atoms with Crippen LogP contribution in [0.3, 0.4) is 0 Å². The van der Waals surface area contributed by atoms with Crippen molar-refractivity contribution in [3.8, 4) is 10.7 Å². The molecule has 2 aliphatic rings. The second-order valence-electron chi connectivity index (χ2n) is 6.15. The van der Waals surface area contributed by atoms with Gasteiger partial charge in [0, 0.05) is 18.6 Å². The summed E-state index contributed by atoms with van der Waals surface area (Å²) in [4.78, 5) is 29.7. The Labute approximate surface area is 136 Å². The smallest absolute Gasteiger partial charge is 0.347 e. The SMILES string of the molecule is O=C(N[C@@H]1CCCN(C2CC2)C1)c1ccc(-c2noc(=O)[nH]2)s1. The highest BCUT2D eigenvalue weighted by Crippen LogP contribution is 2.29. The third-order valence-electron chi connectivity index (χ3n) is 4.35. The first-order chi connectivity index (χ1) is 11.2. The highest BCUT2D eigenvalue weighted by atomic mass is 32.1. The molecule has 2 aromatic heterocycles. The number of amides is 1. The van der Waals surface area contributed by atoms with Crippen LogP contribution in [0, 0.1) is 0 Å². The molecule has 4 rings (SSSR count). The number of H-pyrrole nitrogens is 1. The van der Waals surface area contributed by atoms with E-state index >= 15 is 0 Å². The molecule has 0 radical (unpaired) electrons. The van der Waals surface area contributed by atoms with Crippen molar-refractivity contribution < 1.29 is 9.32 Å². The van der Waals surface area contributed by atoms with Crippen molar-refractivity contribution in [3.05, 3.63) is 27.6 Å². The Morgan fingerprint density at radius 2 is 2.26 bits per heavy atom. The molecular formula is C15H18N4O3S. The molecule has 1 saturated carbocycles. The fourth-order valence-corrected chi connectivity index (χ4v) is 3.92. The maximum atomic E-state index is 12.4. The monoisotopic (exact) mass is 334 g/mol. The zero-order valence-electron chi connectivity index (χ0n) is 12.6. The number of hydrogen-bond donors (Lipinski definition) is 2. The van der Waals surface area contributed by atoms with Crippen molar-refractivity contribution in [2.24, 2.45) is 0 Å². The summed E-state index contributed by atoms with van der Waals surface area (Å²) in [6, 6.07) is 4.48. The van der Waals surface area contributed by atoms with Gasteiger partial charge in [-0.2, -0.15) is 0 Å². The lowest BCUT2D eigenvalue weighted by atomic mass is 10.1. The van der Waals surface area contributed by atoms with Crippen LogP contribution in [0.4, 0.5) is 0 Å². The Morgan fingerprint density at radius 1 is 1.39 bits per heavy atom. The molecule has 1 atom stereocenters. The Bertz CT molecular complexity index is 761. The van der Waals surface area contributed by atoms with Crippen LogP contribution in [0.5, 0.6) is 0 Å². The largest absolute Gasteiger partial charge is 0.439 e. The van der Waals surface area contributed by atoms with Crippen LogP contribution in [0.1, 0.15) is 35.4 Å². The van der Waals surface area contributed by atoms with Gasteiger partial charge in [-0.05, 0) is 44.4 Å². The van der Waals surface area contributed by atoms with Crippen molar-refractivity contribution in [2.45, 2.75) is 37.8 Å². The summed E-state index contributed by atoms with van der Waals surface area (Å²) in [6.45, 7) is 2.10. The molecule has 1 amide bonds. The van der Waals surface area contributed by atoms with E-state index < -0.39 is 5.76 Å². The standard InChI is InChI=1S/C15H18N4O3S/c20-14(16-9-2-1-7-19(8-9)10-3-4-10)12-6-5-11(23-12)13-17-15(21)22-18-13/h5-6,9-10H,1-4,7-8H2,(H,16,20)(H,17,18,21)/t9-/m1/s1. The van der Waals surface area contributed by atoms with Gasteiger partial charge in [0.25, 0.3) is 5.91 Å². The lowest BCUT2D eigenvalue weighted by molar-refractivity contribution is 0.0904. The van der Waals surface area contributed by atoms with Crippen molar-refractivity contribution in [3.63, 3.8) is 0 Å². The van der Waals surface area contributed by atoms with E-state index in [0.717, 1.165) is 32.0 Å². The van der Waals surface area contributed by atoms with Gasteiger partial charge in [0.05, 0.1) is 9.75 Å². The van der Waals surface area contributed by atoms with Crippen LogP contribution in [-0.4, -0.2) is 46.1 Å². The first-order valence-electron chi connectivity index (χ1n) is 7.90. The molecular weight excluding hydrogens is 316 g/mol. The van der Waals surface area contributed by atoms with Gasteiger partial charge in [-0.25, -0.2) is 4.79 Å². The van der Waals surface area contributed by atoms with Gasteiger partial charge in [0.1, 0.15) is 0 Å². The molecule has 3 heterocycles. The van der Waals surface area contributed by atoms with Gasteiger partial charge in [-0.15, -0.1) is 11.3 Å². The molecule has 0 unspecified atom stereocenters. The highest BCUT2D eigenvalue weighted by Gasteiger charge is 2.33. The van der Waals surface area contributed by atoms with Crippen LogP contribution in [0.25, 0.3) is 10.7 Å². The first kappa shape index (κ1) is 14.6. The van der Waals surface area contributed by atoms with Crippen LogP contribution in [-0.2, 0) is 0 Å². The second kappa shape index (κ2) is 5.93. The Hall–Kier alpha value is -1.93. The van der Waals surface area contributed by atoms with Crippen molar-refractivity contribution in [2.75, 3.05) is 13.1 Å². The average molecular weight is 334 g/mol. The molecule has 2 fully saturated rings. The molecule has 0 bridgehead atoms. The van der Waals surface area contributed by atoms with Crippen LogP contribution >= 0.6 is 11.3 Å². The minimum Gasteiger partial charge on any atom is -0.347 e. The average Bonchev–Trinajstić information content (AvgIpc) is 3.12. The van der Waals surface area contributed by atoms with Crippen LogP contribution < -0.4 is 11.1 Å². The second-order valence-corrected chi connectivity index (χ2v) is 7.23. The zero-order chi connectivity index (χ0) is 15.8. The Kier molecular flexibility index (Phi) is 3.78. The predicted molar refractivity (Wildman–Crippen MR) is 85.5 cm³/mol. The molecule has 0 aromatic carbocycles. The minimum atomic E-state index is -0.596. The Morgan fingerprint density at radius 3 is 3.00 bits per heavy atom. The number of hydrogen-bond acceptors (Lipinski definition) is 6. The van der Waals surface area contributed by atoms with E-state index in [1.807, 2.05) is 0 Å². The van der Waals surface area contributed by atoms with Crippen molar-refractivity contribution in [1.29, 1.82) is 0 Å². The molecule has 0 spiro atoms. The Balaban J connectivity index is 1.41. The lowest BCUT2D eigenvalue weighted by Crippen LogP contribution is -2.48. The number of rotatable bonds is 4. The maximum absolute atomic E-state index is 12.4. The van der Waals surface area contributed by atoms with Gasteiger partial charge in [0.2, 0.25) is 0 Å². The number of nitrogens with one attached hydrogen (secondary N) is 2. The van der Waals surface area contributed by atoms with E-state index in [0.29, 0.717) is 15.6 Å². The van der Waals surface area contributed by atoms with Crippen molar-refractivity contribution in [1.82, 2.24) is 20.4 Å².